The van der Waals surface area contributed by atoms with Crippen LogP contribution in [0.25, 0.3) is 0 Å². The summed E-state index contributed by atoms with van der Waals surface area (Å²) >= 11 is 5.73. The molecule has 0 spiro atoms. The maximum Gasteiger partial charge on any atom is 0.330 e. The molecule has 2 aliphatic rings. The van der Waals surface area contributed by atoms with E-state index in [1.54, 1.807) is 37.3 Å². The van der Waals surface area contributed by atoms with Crippen molar-refractivity contribution in [3.05, 3.63) is 63.4 Å². The Morgan fingerprint density at radius 1 is 1.26 bits per heavy atom. The highest BCUT2D eigenvalue weighted by molar-refractivity contribution is 8.09. The predicted molar refractivity (Wildman–Crippen MR) is 145 cm³/mol. The number of benzene rings is 1. The van der Waals surface area contributed by atoms with Crippen LogP contribution in [0.15, 0.2) is 52.2 Å². The van der Waals surface area contributed by atoms with Crippen molar-refractivity contribution in [2.75, 3.05) is 6.61 Å². The average Bonchev–Trinajstić information content (AvgIpc) is 3.12. The molecule has 1 aromatic heterocycles. The van der Waals surface area contributed by atoms with Crippen molar-refractivity contribution in [1.82, 2.24) is 14.6 Å². The van der Waals surface area contributed by atoms with Crippen LogP contribution >= 0.6 is 6.64 Å². The van der Waals surface area contributed by atoms with Gasteiger partial charge in [-0.1, -0.05) is 24.6 Å². The van der Waals surface area contributed by atoms with Gasteiger partial charge in [0.1, 0.15) is 35.7 Å². The third kappa shape index (κ3) is 7.23. The van der Waals surface area contributed by atoms with Crippen LogP contribution < -0.4 is 20.9 Å². The Labute approximate surface area is 230 Å². The molecular weight excluding hydrogens is 549 g/mol. The molecule has 0 bridgehead atoms. The molecule has 4 rings (SSSR count). The number of nitrogens with one attached hydrogen (secondary N) is 2. The van der Waals surface area contributed by atoms with Crippen molar-refractivity contribution < 1.29 is 33.5 Å². The molecule has 12 nitrogen and oxygen atoms in total. The summed E-state index contributed by atoms with van der Waals surface area (Å²) in [4.78, 5) is 38.7. The van der Waals surface area contributed by atoms with Crippen molar-refractivity contribution in [2.24, 2.45) is 0 Å². The highest BCUT2D eigenvalue weighted by Crippen LogP contribution is 2.47. The molecule has 214 valence electrons. The topological polar surface area (TPSA) is 161 Å². The lowest BCUT2D eigenvalue weighted by atomic mass is 9.96. The summed E-state index contributed by atoms with van der Waals surface area (Å²) in [6.45, 7) is -0.870. The number of H-pyrrole nitrogens is 1. The number of ether oxygens (including phenoxy) is 2. The van der Waals surface area contributed by atoms with E-state index in [1.807, 2.05) is 0 Å². The predicted octanol–water partition coefficient (Wildman–Crippen LogP) is 1.72. The fourth-order valence-electron chi connectivity index (χ4n) is 4.61. The molecule has 2 heterocycles. The van der Waals surface area contributed by atoms with Gasteiger partial charge in [-0.3, -0.25) is 19.1 Å². The number of aromatic amines is 1. The zero-order chi connectivity index (χ0) is 28.2. The number of aliphatic hydroxyl groups excluding tert-OH is 1. The third-order valence-corrected chi connectivity index (χ3v) is 9.28. The Balaban J connectivity index is 1.48. The average molecular weight is 584 g/mol. The van der Waals surface area contributed by atoms with Gasteiger partial charge in [0.25, 0.3) is 5.56 Å². The first kappa shape index (κ1) is 29.6. The SMILES string of the molecule is CC(NP(=S)(OC[C@H]1O[C@@H](n2ccc(=O)[nH]c2=O)[C@](C)(O)[C@@H]1O)Oc1ccccc1)C(=O)OC1CCCCC1. The maximum absolute atomic E-state index is 12.8. The quantitative estimate of drug-likeness (QED) is 0.238. The van der Waals surface area contributed by atoms with Crippen LogP contribution in [0, 0.1) is 0 Å². The second-order valence-electron chi connectivity index (χ2n) is 9.96. The van der Waals surface area contributed by atoms with Crippen LogP contribution in [-0.2, 0) is 30.6 Å². The number of para-hydroxylation sites is 1. The van der Waals surface area contributed by atoms with Gasteiger partial charge in [-0.05, 0) is 63.5 Å². The number of carbonyl (C=O) groups is 1. The van der Waals surface area contributed by atoms with E-state index in [2.05, 4.69) is 10.1 Å². The lowest BCUT2D eigenvalue weighted by molar-refractivity contribution is -0.152. The Morgan fingerprint density at radius 2 is 1.95 bits per heavy atom. The summed E-state index contributed by atoms with van der Waals surface area (Å²) in [7, 11) is 0. The normalized spacial score (nSPS) is 27.9. The molecule has 1 saturated heterocycles. The van der Waals surface area contributed by atoms with E-state index in [9.17, 15) is 24.6 Å². The van der Waals surface area contributed by atoms with Crippen LogP contribution in [0.5, 0.6) is 5.75 Å². The van der Waals surface area contributed by atoms with Crippen molar-refractivity contribution in [3.63, 3.8) is 0 Å². The molecule has 2 unspecified atom stereocenters. The van der Waals surface area contributed by atoms with Crippen molar-refractivity contribution >= 4 is 24.4 Å². The zero-order valence-corrected chi connectivity index (χ0v) is 23.4. The molecule has 2 fully saturated rings. The molecule has 1 aromatic carbocycles. The summed E-state index contributed by atoms with van der Waals surface area (Å²) in [6.07, 6.45) is 1.88. The number of hydrogen-bond acceptors (Lipinski definition) is 10. The van der Waals surface area contributed by atoms with Crippen LogP contribution in [0.1, 0.15) is 52.2 Å². The van der Waals surface area contributed by atoms with Gasteiger partial charge in [-0.15, -0.1) is 0 Å². The number of nitrogens with zero attached hydrogens (tertiary/aromatic N) is 1. The van der Waals surface area contributed by atoms with E-state index in [0.29, 0.717) is 5.75 Å². The van der Waals surface area contributed by atoms with E-state index in [0.717, 1.165) is 42.7 Å². The highest BCUT2D eigenvalue weighted by atomic mass is 32.5. The van der Waals surface area contributed by atoms with Gasteiger partial charge in [-0.25, -0.2) is 9.88 Å². The molecule has 4 N–H and O–H groups in total. The first-order valence-corrected chi connectivity index (χ1v) is 15.5. The van der Waals surface area contributed by atoms with Gasteiger partial charge in [0.15, 0.2) is 6.23 Å². The third-order valence-electron chi connectivity index (χ3n) is 6.78. The Morgan fingerprint density at radius 3 is 2.62 bits per heavy atom. The van der Waals surface area contributed by atoms with E-state index in [-0.39, 0.29) is 12.7 Å². The number of aliphatic hydroxyl groups is 2. The molecule has 1 aliphatic carbocycles. The van der Waals surface area contributed by atoms with E-state index >= 15 is 0 Å². The van der Waals surface area contributed by atoms with E-state index < -0.39 is 53.9 Å². The van der Waals surface area contributed by atoms with Crippen molar-refractivity contribution in [2.45, 2.75) is 82.1 Å². The van der Waals surface area contributed by atoms with Gasteiger partial charge >= 0.3 is 18.3 Å². The summed E-state index contributed by atoms with van der Waals surface area (Å²) < 4.78 is 24.4. The minimum atomic E-state index is -3.44. The summed E-state index contributed by atoms with van der Waals surface area (Å²) in [5.41, 5.74) is -3.34. The van der Waals surface area contributed by atoms with Crippen molar-refractivity contribution in [1.29, 1.82) is 0 Å². The monoisotopic (exact) mass is 583 g/mol. The highest BCUT2D eigenvalue weighted by Gasteiger charge is 2.54. The first-order valence-electron chi connectivity index (χ1n) is 12.8. The smallest absolute Gasteiger partial charge is 0.330 e. The lowest BCUT2D eigenvalue weighted by Crippen LogP contribution is -2.47. The standard InChI is InChI=1S/C25H34N3O9PS/c1-16(22(31)35-17-9-5-3-6-10-17)27-38(39,37-18-11-7-4-8-12-18)34-15-19-21(30)25(2,33)23(36-19)28-14-13-20(29)26-24(28)32/h4,7-8,11-14,16-17,19,21,23,30,33H,3,5-6,9-10,15H2,1-2H3,(H,27,39)(H,26,29,32)/t16?,19-,21-,23-,25-,38?/m1/s1. The molecule has 2 aromatic rings. The second kappa shape index (κ2) is 12.4. The lowest BCUT2D eigenvalue weighted by Gasteiger charge is -2.29. The first-order chi connectivity index (χ1) is 18.5. The molecular formula is C25H34N3O9PS. The fourth-order valence-corrected chi connectivity index (χ4v) is 7.03. The number of rotatable bonds is 10. The van der Waals surface area contributed by atoms with Gasteiger partial charge < -0.3 is 28.7 Å². The summed E-state index contributed by atoms with van der Waals surface area (Å²) in [5, 5.41) is 24.8. The van der Waals surface area contributed by atoms with Gasteiger partial charge in [0, 0.05) is 12.3 Å². The zero-order valence-electron chi connectivity index (χ0n) is 21.7. The molecule has 14 heteroatoms. The Hall–Kier alpha value is -2.38. The number of esters is 1. The number of aromatic nitrogens is 2. The Kier molecular flexibility index (Phi) is 9.43. The van der Waals surface area contributed by atoms with Crippen LogP contribution in [0.4, 0.5) is 0 Å². The Bertz CT molecular complexity index is 1300. The van der Waals surface area contributed by atoms with Crippen LogP contribution in [-0.4, -0.2) is 62.3 Å². The fraction of sp³-hybridized carbons (Fsp3) is 0.560. The van der Waals surface area contributed by atoms with Gasteiger partial charge in [0.05, 0.1) is 6.61 Å². The number of carbonyl (C=O) groups excluding carboxylic acids is 1. The van der Waals surface area contributed by atoms with Crippen LogP contribution in [0.2, 0.25) is 0 Å². The minimum Gasteiger partial charge on any atom is -0.461 e. The molecule has 39 heavy (non-hydrogen) atoms. The molecule has 0 amide bonds. The number of hydrogen-bond donors (Lipinski definition) is 4. The largest absolute Gasteiger partial charge is 0.461 e. The molecule has 1 aliphatic heterocycles. The minimum absolute atomic E-state index is 0.137. The van der Waals surface area contributed by atoms with Gasteiger partial charge in [0.2, 0.25) is 0 Å². The van der Waals surface area contributed by atoms with Gasteiger partial charge in [-0.2, -0.15) is 0 Å². The van der Waals surface area contributed by atoms with E-state index in [1.165, 1.54) is 13.1 Å². The maximum atomic E-state index is 12.8. The van der Waals surface area contributed by atoms with Crippen LogP contribution in [0.3, 0.4) is 0 Å². The summed E-state index contributed by atoms with van der Waals surface area (Å²) in [6, 6.07) is 8.92. The van der Waals surface area contributed by atoms with E-state index in [4.69, 9.17) is 30.3 Å². The van der Waals surface area contributed by atoms with Crippen molar-refractivity contribution in [3.8, 4) is 5.75 Å². The molecule has 1 saturated carbocycles. The molecule has 0 radical (unpaired) electrons. The second-order valence-corrected chi connectivity index (χ2v) is 13.1. The molecule has 6 atom stereocenters. The summed E-state index contributed by atoms with van der Waals surface area (Å²) in [5.74, 6) is -0.0762.